The van der Waals surface area contributed by atoms with E-state index in [2.05, 4.69) is 15.6 Å². The lowest BCUT2D eigenvalue weighted by Crippen LogP contribution is -2.19. The second-order valence-corrected chi connectivity index (χ2v) is 5.11. The second-order valence-electron chi connectivity index (χ2n) is 3.86. The number of nitro groups is 1. The van der Waals surface area contributed by atoms with Crippen molar-refractivity contribution in [1.82, 2.24) is 4.98 Å². The van der Waals surface area contributed by atoms with Gasteiger partial charge >= 0.3 is 0 Å². The van der Waals surface area contributed by atoms with Gasteiger partial charge < -0.3 is 10.6 Å². The number of halogens is 2. The van der Waals surface area contributed by atoms with Gasteiger partial charge in [0.05, 0.1) is 15.6 Å². The van der Waals surface area contributed by atoms with Crippen LogP contribution in [0.2, 0.25) is 10.0 Å². The van der Waals surface area contributed by atoms with E-state index >= 15 is 0 Å². The van der Waals surface area contributed by atoms with Gasteiger partial charge in [-0.25, -0.2) is 4.98 Å². The molecule has 0 unspecified atom stereocenters. The van der Waals surface area contributed by atoms with Crippen molar-refractivity contribution in [1.29, 1.82) is 0 Å². The van der Waals surface area contributed by atoms with Crippen molar-refractivity contribution >= 4 is 57.7 Å². The number of aromatic nitrogens is 1. The molecular formula is C12H8Cl2N4O2S. The molecule has 0 saturated heterocycles. The van der Waals surface area contributed by atoms with Crippen LogP contribution in [0.15, 0.2) is 36.5 Å². The summed E-state index contributed by atoms with van der Waals surface area (Å²) in [6.45, 7) is 0. The Hall–Kier alpha value is -1.96. The second kappa shape index (κ2) is 6.66. The van der Waals surface area contributed by atoms with Crippen LogP contribution in [0.4, 0.5) is 17.2 Å². The van der Waals surface area contributed by atoms with Gasteiger partial charge in [0.15, 0.2) is 5.11 Å². The zero-order valence-corrected chi connectivity index (χ0v) is 12.7. The monoisotopic (exact) mass is 342 g/mol. The first-order chi connectivity index (χ1) is 9.95. The number of thiocarbonyl (C=S) groups is 1. The summed E-state index contributed by atoms with van der Waals surface area (Å²) >= 11 is 17.0. The normalized spacial score (nSPS) is 10.0. The number of hydrogen-bond donors (Lipinski definition) is 2. The van der Waals surface area contributed by atoms with Crippen LogP contribution < -0.4 is 10.6 Å². The van der Waals surface area contributed by atoms with E-state index in [1.165, 1.54) is 12.1 Å². The Bertz CT molecular complexity index is 694. The molecule has 0 aliphatic heterocycles. The Balaban J connectivity index is 2.04. The summed E-state index contributed by atoms with van der Waals surface area (Å²) in [5.74, 6) is 0.372. The predicted octanol–water partition coefficient (Wildman–Crippen LogP) is 4.11. The molecule has 1 aromatic heterocycles. The highest BCUT2D eigenvalue weighted by Crippen LogP contribution is 2.25. The minimum atomic E-state index is -0.529. The molecule has 2 rings (SSSR count). The fourth-order valence-corrected chi connectivity index (χ4v) is 1.98. The molecule has 108 valence electrons. The molecule has 0 spiro atoms. The maximum absolute atomic E-state index is 10.5. The van der Waals surface area contributed by atoms with Gasteiger partial charge in [-0.15, -0.1) is 0 Å². The maximum atomic E-state index is 10.5. The molecule has 9 heteroatoms. The summed E-state index contributed by atoms with van der Waals surface area (Å²) in [5.41, 5.74) is 0.445. The zero-order chi connectivity index (χ0) is 15.4. The smallest absolute Gasteiger partial charge is 0.287 e. The molecule has 2 N–H and O–H groups in total. The maximum Gasteiger partial charge on any atom is 0.287 e. The Morgan fingerprint density at radius 1 is 1.24 bits per heavy atom. The lowest BCUT2D eigenvalue weighted by Gasteiger charge is -2.11. The summed E-state index contributed by atoms with van der Waals surface area (Å²) in [7, 11) is 0. The van der Waals surface area contributed by atoms with Gasteiger partial charge in [-0.05, 0) is 36.5 Å². The number of hydrogen-bond acceptors (Lipinski definition) is 4. The van der Waals surface area contributed by atoms with E-state index < -0.39 is 4.92 Å². The van der Waals surface area contributed by atoms with Crippen molar-refractivity contribution < 1.29 is 4.92 Å². The van der Waals surface area contributed by atoms with Gasteiger partial charge in [-0.2, -0.15) is 0 Å². The van der Waals surface area contributed by atoms with Crippen LogP contribution in [0.3, 0.4) is 0 Å². The van der Waals surface area contributed by atoms with Crippen LogP contribution >= 0.6 is 35.4 Å². The highest BCUT2D eigenvalue weighted by molar-refractivity contribution is 7.80. The molecule has 0 aliphatic rings. The van der Waals surface area contributed by atoms with Crippen molar-refractivity contribution in [2.75, 3.05) is 10.6 Å². The standard InChI is InChI=1S/C12H8Cl2N4O2S/c13-7-1-3-9(14)10(5-7)16-12(21)17-11-4-2-8(6-15-11)18(19)20/h1-6H,(H2,15,16,17,21). The average Bonchev–Trinajstić information content (AvgIpc) is 2.43. The third kappa shape index (κ3) is 4.25. The molecule has 6 nitrogen and oxygen atoms in total. The van der Waals surface area contributed by atoms with Gasteiger partial charge in [0, 0.05) is 11.1 Å². The van der Waals surface area contributed by atoms with Crippen molar-refractivity contribution in [3.63, 3.8) is 0 Å². The lowest BCUT2D eigenvalue weighted by molar-refractivity contribution is -0.385. The molecule has 21 heavy (non-hydrogen) atoms. The van der Waals surface area contributed by atoms with Crippen LogP contribution in [-0.2, 0) is 0 Å². The third-order valence-corrected chi connectivity index (χ3v) is 3.15. The summed E-state index contributed by atoms with van der Waals surface area (Å²) < 4.78 is 0. The van der Waals surface area contributed by atoms with Crippen LogP contribution in [0.5, 0.6) is 0 Å². The average molecular weight is 343 g/mol. The zero-order valence-electron chi connectivity index (χ0n) is 10.3. The first-order valence-electron chi connectivity index (χ1n) is 5.59. The van der Waals surface area contributed by atoms with E-state index in [4.69, 9.17) is 35.4 Å². The van der Waals surface area contributed by atoms with Crippen LogP contribution in [0.1, 0.15) is 0 Å². The summed E-state index contributed by atoms with van der Waals surface area (Å²) in [6, 6.07) is 7.69. The van der Waals surface area contributed by atoms with Crippen molar-refractivity contribution in [3.8, 4) is 0 Å². The molecule has 0 amide bonds. The SMILES string of the molecule is O=[N+]([O-])c1ccc(NC(=S)Nc2cc(Cl)ccc2Cl)nc1. The van der Waals surface area contributed by atoms with Crippen LogP contribution in [-0.4, -0.2) is 15.0 Å². The van der Waals surface area contributed by atoms with Crippen molar-refractivity contribution in [3.05, 3.63) is 56.7 Å². The third-order valence-electron chi connectivity index (χ3n) is 2.38. The minimum Gasteiger partial charge on any atom is -0.331 e. The Kier molecular flexibility index (Phi) is 4.89. The largest absolute Gasteiger partial charge is 0.331 e. The molecule has 0 saturated carbocycles. The number of rotatable bonds is 3. The van der Waals surface area contributed by atoms with Crippen molar-refractivity contribution in [2.24, 2.45) is 0 Å². The fraction of sp³-hybridized carbons (Fsp3) is 0. The summed E-state index contributed by atoms with van der Waals surface area (Å²) in [6.07, 6.45) is 1.14. The summed E-state index contributed by atoms with van der Waals surface area (Å²) in [5, 5.41) is 17.4. The predicted molar refractivity (Wildman–Crippen MR) is 87.2 cm³/mol. The van der Waals surface area contributed by atoms with E-state index in [1.807, 2.05) is 0 Å². The van der Waals surface area contributed by atoms with Gasteiger partial charge in [0.2, 0.25) is 0 Å². The highest BCUT2D eigenvalue weighted by Gasteiger charge is 2.07. The Labute approximate surface area is 135 Å². The quantitative estimate of drug-likeness (QED) is 0.496. The molecular weight excluding hydrogens is 335 g/mol. The topological polar surface area (TPSA) is 80.1 Å². The van der Waals surface area contributed by atoms with E-state index in [9.17, 15) is 10.1 Å². The van der Waals surface area contributed by atoms with Gasteiger partial charge in [-0.3, -0.25) is 10.1 Å². The van der Waals surface area contributed by atoms with Gasteiger partial charge in [0.25, 0.3) is 5.69 Å². The molecule has 0 fully saturated rings. The number of nitrogens with zero attached hydrogens (tertiary/aromatic N) is 2. The van der Waals surface area contributed by atoms with E-state index in [1.54, 1.807) is 18.2 Å². The van der Waals surface area contributed by atoms with Crippen LogP contribution in [0.25, 0.3) is 0 Å². The molecule has 1 heterocycles. The Morgan fingerprint density at radius 2 is 2.00 bits per heavy atom. The molecule has 0 bridgehead atoms. The van der Waals surface area contributed by atoms with Gasteiger partial charge in [-0.1, -0.05) is 23.2 Å². The Morgan fingerprint density at radius 3 is 2.62 bits per heavy atom. The van der Waals surface area contributed by atoms with Crippen molar-refractivity contribution in [2.45, 2.75) is 0 Å². The minimum absolute atomic E-state index is 0.0997. The molecule has 0 atom stereocenters. The molecule has 1 aromatic carbocycles. The molecule has 2 aromatic rings. The van der Waals surface area contributed by atoms with E-state index in [-0.39, 0.29) is 10.8 Å². The summed E-state index contributed by atoms with van der Waals surface area (Å²) in [4.78, 5) is 13.9. The van der Waals surface area contributed by atoms with E-state index in [0.29, 0.717) is 21.6 Å². The molecule has 0 aliphatic carbocycles. The number of anilines is 2. The highest BCUT2D eigenvalue weighted by atomic mass is 35.5. The number of benzene rings is 1. The number of nitrogens with one attached hydrogen (secondary N) is 2. The number of pyridine rings is 1. The fourth-order valence-electron chi connectivity index (χ4n) is 1.43. The van der Waals surface area contributed by atoms with Crippen LogP contribution in [0, 0.1) is 10.1 Å². The van der Waals surface area contributed by atoms with E-state index in [0.717, 1.165) is 6.20 Å². The van der Waals surface area contributed by atoms with Gasteiger partial charge in [0.1, 0.15) is 12.0 Å². The lowest BCUT2D eigenvalue weighted by atomic mass is 10.3. The molecule has 0 radical (unpaired) electrons. The first-order valence-corrected chi connectivity index (χ1v) is 6.75. The first kappa shape index (κ1) is 15.4.